The summed E-state index contributed by atoms with van der Waals surface area (Å²) in [4.78, 5) is 11.7. The maximum atomic E-state index is 11.7. The van der Waals surface area contributed by atoms with Crippen molar-refractivity contribution >= 4 is 5.78 Å². The number of hydrogen-bond acceptors (Lipinski definition) is 2. The quantitative estimate of drug-likeness (QED) is 0.722. The zero-order valence-corrected chi connectivity index (χ0v) is 13.3. The van der Waals surface area contributed by atoms with Gasteiger partial charge in [0, 0.05) is 13.5 Å². The van der Waals surface area contributed by atoms with Gasteiger partial charge in [-0.15, -0.1) is 0 Å². The van der Waals surface area contributed by atoms with Crippen LogP contribution in [-0.4, -0.2) is 19.0 Å². The van der Waals surface area contributed by atoms with E-state index in [1.165, 1.54) is 37.7 Å². The molecule has 2 saturated carbocycles. The Morgan fingerprint density at radius 2 is 2.00 bits per heavy atom. The van der Waals surface area contributed by atoms with Gasteiger partial charge in [-0.05, 0) is 79.4 Å². The number of methoxy groups -OCH3 is 1. The number of hydrogen-bond donors (Lipinski definition) is 0. The summed E-state index contributed by atoms with van der Waals surface area (Å²) in [7, 11) is 1.89. The van der Waals surface area contributed by atoms with E-state index in [9.17, 15) is 4.79 Å². The lowest BCUT2D eigenvalue weighted by Crippen LogP contribution is -2.42. The zero-order chi connectivity index (χ0) is 14.6. The molecule has 114 valence electrons. The van der Waals surface area contributed by atoms with Crippen LogP contribution in [0.5, 0.6) is 0 Å². The van der Waals surface area contributed by atoms with Crippen LogP contribution >= 0.6 is 0 Å². The van der Waals surface area contributed by atoms with Crippen molar-refractivity contribution in [3.8, 4) is 0 Å². The van der Waals surface area contributed by atoms with Crippen LogP contribution in [0.15, 0.2) is 22.8 Å². The molecule has 0 amide bonds. The first-order valence-corrected chi connectivity index (χ1v) is 8.62. The van der Waals surface area contributed by atoms with Gasteiger partial charge in [0.05, 0.1) is 6.10 Å². The van der Waals surface area contributed by atoms with E-state index in [0.29, 0.717) is 17.3 Å². The van der Waals surface area contributed by atoms with Gasteiger partial charge >= 0.3 is 0 Å². The Balaban J connectivity index is 1.71. The predicted molar refractivity (Wildman–Crippen MR) is 82.9 cm³/mol. The largest absolute Gasteiger partial charge is 0.381 e. The van der Waals surface area contributed by atoms with Gasteiger partial charge < -0.3 is 4.74 Å². The van der Waals surface area contributed by atoms with Gasteiger partial charge in [-0.3, -0.25) is 4.79 Å². The van der Waals surface area contributed by atoms with E-state index in [2.05, 4.69) is 6.92 Å². The maximum Gasteiger partial charge on any atom is 0.156 e. The molecule has 2 heteroatoms. The summed E-state index contributed by atoms with van der Waals surface area (Å²) in [6.07, 6.45) is 11.6. The lowest BCUT2D eigenvalue weighted by atomic mass is 9.57. The van der Waals surface area contributed by atoms with Crippen molar-refractivity contribution in [2.45, 2.75) is 64.4 Å². The van der Waals surface area contributed by atoms with Crippen molar-refractivity contribution in [1.82, 2.24) is 0 Å². The summed E-state index contributed by atoms with van der Waals surface area (Å²) in [6, 6.07) is 0. The lowest BCUT2D eigenvalue weighted by molar-refractivity contribution is -0.114. The summed E-state index contributed by atoms with van der Waals surface area (Å²) >= 11 is 0. The number of ether oxygens (including phenoxy) is 1. The van der Waals surface area contributed by atoms with Crippen LogP contribution in [-0.2, 0) is 9.53 Å². The van der Waals surface area contributed by atoms with Crippen molar-refractivity contribution in [2.24, 2.45) is 17.3 Å². The number of carbonyl (C=O) groups is 1. The maximum absolute atomic E-state index is 11.7. The van der Waals surface area contributed by atoms with Crippen molar-refractivity contribution < 1.29 is 9.53 Å². The third kappa shape index (κ3) is 1.91. The minimum absolute atomic E-state index is 0.341. The molecule has 4 atom stereocenters. The molecule has 0 aromatic heterocycles. The van der Waals surface area contributed by atoms with Gasteiger partial charge in [0.2, 0.25) is 0 Å². The van der Waals surface area contributed by atoms with Gasteiger partial charge in [-0.25, -0.2) is 0 Å². The van der Waals surface area contributed by atoms with Crippen LogP contribution in [0.2, 0.25) is 0 Å². The first kappa shape index (κ1) is 13.8. The fourth-order valence-corrected chi connectivity index (χ4v) is 5.87. The second kappa shape index (κ2) is 4.81. The summed E-state index contributed by atoms with van der Waals surface area (Å²) in [5.41, 5.74) is 5.06. The second-order valence-electron chi connectivity index (χ2n) is 7.70. The average molecular weight is 286 g/mol. The summed E-state index contributed by atoms with van der Waals surface area (Å²) in [5.74, 6) is 1.91. The van der Waals surface area contributed by atoms with E-state index in [1.54, 1.807) is 11.1 Å². The third-order valence-corrected chi connectivity index (χ3v) is 6.93. The van der Waals surface area contributed by atoms with E-state index >= 15 is 0 Å². The highest BCUT2D eigenvalue weighted by Crippen LogP contribution is 2.60. The predicted octanol–water partition coefficient (Wildman–Crippen LogP) is 4.21. The molecule has 0 saturated heterocycles. The number of rotatable bonds is 1. The van der Waals surface area contributed by atoms with Crippen LogP contribution in [0.4, 0.5) is 0 Å². The molecule has 0 spiro atoms. The Morgan fingerprint density at radius 3 is 2.81 bits per heavy atom. The molecule has 0 radical (unpaired) electrons. The fraction of sp³-hybridized carbons (Fsp3) is 0.737. The molecule has 2 nitrogen and oxygen atoms in total. The van der Waals surface area contributed by atoms with Crippen LogP contribution in [0.25, 0.3) is 0 Å². The molecule has 2 fully saturated rings. The van der Waals surface area contributed by atoms with Gasteiger partial charge in [0.15, 0.2) is 5.78 Å². The molecular formula is C19H26O2. The Hall–Kier alpha value is -0.890. The highest BCUT2D eigenvalue weighted by atomic mass is 16.5. The number of allylic oxidation sites excluding steroid dienone is 4. The van der Waals surface area contributed by atoms with E-state index in [1.807, 2.05) is 13.2 Å². The highest BCUT2D eigenvalue weighted by molar-refractivity contribution is 5.93. The minimum atomic E-state index is 0.341. The smallest absolute Gasteiger partial charge is 0.156 e. The van der Waals surface area contributed by atoms with Crippen molar-refractivity contribution in [1.29, 1.82) is 0 Å². The molecule has 0 heterocycles. The van der Waals surface area contributed by atoms with E-state index in [-0.39, 0.29) is 0 Å². The zero-order valence-electron chi connectivity index (χ0n) is 13.3. The SMILES string of the molecule is CO[C@H]1CC[C@H]2[C@@H]3CCC4=CC(=O)CCC4=C3CC[C@]12C. The number of carbonyl (C=O) groups excluding carboxylic acids is 1. The first-order valence-electron chi connectivity index (χ1n) is 8.62. The topological polar surface area (TPSA) is 26.3 Å². The first-order chi connectivity index (χ1) is 10.1. The van der Waals surface area contributed by atoms with Gasteiger partial charge in [-0.1, -0.05) is 12.5 Å². The normalized spacial score (nSPS) is 42.3. The monoisotopic (exact) mass is 286 g/mol. The molecule has 4 aliphatic carbocycles. The average Bonchev–Trinajstić information content (AvgIpc) is 2.83. The Morgan fingerprint density at radius 1 is 1.14 bits per heavy atom. The molecule has 0 aromatic rings. The van der Waals surface area contributed by atoms with E-state index in [4.69, 9.17) is 4.74 Å². The summed E-state index contributed by atoms with van der Waals surface area (Å²) < 4.78 is 5.81. The molecule has 0 aromatic carbocycles. The molecule has 21 heavy (non-hydrogen) atoms. The third-order valence-electron chi connectivity index (χ3n) is 6.93. The molecule has 0 unspecified atom stereocenters. The number of ketones is 1. The van der Waals surface area contributed by atoms with Crippen LogP contribution < -0.4 is 0 Å². The highest BCUT2D eigenvalue weighted by Gasteiger charge is 2.53. The van der Waals surface area contributed by atoms with Crippen LogP contribution in [0.3, 0.4) is 0 Å². The molecule has 4 rings (SSSR count). The van der Waals surface area contributed by atoms with Crippen molar-refractivity contribution in [3.05, 3.63) is 22.8 Å². The Labute approximate surface area is 127 Å². The lowest BCUT2D eigenvalue weighted by Gasteiger charge is -2.48. The second-order valence-corrected chi connectivity index (χ2v) is 7.70. The Kier molecular flexibility index (Phi) is 3.15. The Bertz CT molecular complexity index is 542. The molecule has 4 aliphatic rings. The van der Waals surface area contributed by atoms with Gasteiger partial charge in [0.1, 0.15) is 0 Å². The fourth-order valence-electron chi connectivity index (χ4n) is 5.87. The number of fused-ring (bicyclic) bond motifs is 4. The van der Waals surface area contributed by atoms with E-state index in [0.717, 1.165) is 31.1 Å². The van der Waals surface area contributed by atoms with Gasteiger partial charge in [0.25, 0.3) is 0 Å². The van der Waals surface area contributed by atoms with E-state index < -0.39 is 0 Å². The standard InChI is InChI=1S/C19H26O2/c1-19-10-9-15-14-6-4-13(20)11-12(14)3-5-16(15)17(19)7-8-18(19)21-2/h11,16-18H,3-10H2,1-2H3/t16-,17+,18+,19+/m1/s1. The van der Waals surface area contributed by atoms with Crippen molar-refractivity contribution in [2.75, 3.05) is 7.11 Å². The van der Waals surface area contributed by atoms with Crippen LogP contribution in [0, 0.1) is 17.3 Å². The molecule has 0 bridgehead atoms. The van der Waals surface area contributed by atoms with Gasteiger partial charge in [-0.2, -0.15) is 0 Å². The molecule has 0 aliphatic heterocycles. The van der Waals surface area contributed by atoms with Crippen LogP contribution in [0.1, 0.15) is 58.3 Å². The molecular weight excluding hydrogens is 260 g/mol. The minimum Gasteiger partial charge on any atom is -0.381 e. The summed E-state index contributed by atoms with van der Waals surface area (Å²) in [5, 5.41) is 0. The molecule has 0 N–H and O–H groups in total. The van der Waals surface area contributed by atoms with Crippen molar-refractivity contribution in [3.63, 3.8) is 0 Å². The summed E-state index contributed by atoms with van der Waals surface area (Å²) in [6.45, 7) is 2.47.